The van der Waals surface area contributed by atoms with Gasteiger partial charge in [0.25, 0.3) is 0 Å². The maximum Gasteiger partial charge on any atom is 0.193 e. The van der Waals surface area contributed by atoms with Crippen LogP contribution >= 0.6 is 12.4 Å². The van der Waals surface area contributed by atoms with Crippen molar-refractivity contribution in [1.29, 1.82) is 0 Å². The predicted molar refractivity (Wildman–Crippen MR) is 130 cm³/mol. The van der Waals surface area contributed by atoms with Crippen LogP contribution in [-0.4, -0.2) is 30.9 Å². The van der Waals surface area contributed by atoms with Crippen molar-refractivity contribution in [3.05, 3.63) is 101 Å². The zero-order valence-electron chi connectivity index (χ0n) is 17.6. The molecule has 0 saturated carbocycles. The molecule has 0 saturated heterocycles. The first-order chi connectivity index (χ1) is 15.2. The van der Waals surface area contributed by atoms with Crippen LogP contribution in [0.3, 0.4) is 0 Å². The van der Waals surface area contributed by atoms with Crippen molar-refractivity contribution in [1.82, 2.24) is 5.32 Å². The molecule has 4 rings (SSSR count). The molecule has 1 atom stereocenters. The predicted octanol–water partition coefficient (Wildman–Crippen LogP) is 4.45. The Balaban J connectivity index is 0.00000289. The Kier molecular flexibility index (Phi) is 8.45. The van der Waals surface area contributed by atoms with Crippen molar-refractivity contribution in [2.24, 2.45) is 0 Å². The molecular formula is C26H26ClNO4. The molecule has 2 N–H and O–H groups in total. The lowest BCUT2D eigenvalue weighted by molar-refractivity contribution is 0.106. The zero-order chi connectivity index (χ0) is 21.5. The summed E-state index contributed by atoms with van der Waals surface area (Å²) in [7, 11) is 0. The second-order valence-electron chi connectivity index (χ2n) is 7.40. The number of rotatable bonds is 9. The number of benzene rings is 3. The van der Waals surface area contributed by atoms with Gasteiger partial charge in [0, 0.05) is 24.2 Å². The minimum atomic E-state index is -0.644. The van der Waals surface area contributed by atoms with Gasteiger partial charge in [-0.25, -0.2) is 0 Å². The Bertz CT molecular complexity index is 1180. The quantitative estimate of drug-likeness (QED) is 0.368. The maximum absolute atomic E-state index is 12.5. The Morgan fingerprint density at radius 1 is 0.938 bits per heavy atom. The number of nitrogens with one attached hydrogen (secondary N) is 1. The first kappa shape index (κ1) is 23.5. The van der Waals surface area contributed by atoms with E-state index in [1.807, 2.05) is 48.5 Å². The SMILES string of the molecule is Cl.O=c1cc(-c2ccccc2)oc2cc(OCC(O)CNCCc3ccccc3)ccc12. The van der Waals surface area contributed by atoms with E-state index in [0.29, 0.717) is 29.0 Å². The maximum atomic E-state index is 12.5. The Hall–Kier alpha value is -3.12. The average molecular weight is 452 g/mol. The van der Waals surface area contributed by atoms with Crippen LogP contribution in [-0.2, 0) is 6.42 Å². The summed E-state index contributed by atoms with van der Waals surface area (Å²) in [5, 5.41) is 13.9. The molecule has 4 aromatic rings. The highest BCUT2D eigenvalue weighted by atomic mass is 35.5. The van der Waals surface area contributed by atoms with Gasteiger partial charge < -0.3 is 19.6 Å². The number of halogens is 1. The van der Waals surface area contributed by atoms with E-state index in [0.717, 1.165) is 18.5 Å². The first-order valence-electron chi connectivity index (χ1n) is 10.4. The van der Waals surface area contributed by atoms with Gasteiger partial charge in [-0.15, -0.1) is 12.4 Å². The van der Waals surface area contributed by atoms with Crippen molar-refractivity contribution in [3.8, 4) is 17.1 Å². The summed E-state index contributed by atoms with van der Waals surface area (Å²) in [6.07, 6.45) is 0.260. The van der Waals surface area contributed by atoms with Crippen LogP contribution in [0, 0.1) is 0 Å². The third-order valence-electron chi connectivity index (χ3n) is 5.01. The van der Waals surface area contributed by atoms with Crippen LogP contribution in [0.5, 0.6) is 5.75 Å². The highest BCUT2D eigenvalue weighted by Crippen LogP contribution is 2.24. The van der Waals surface area contributed by atoms with E-state index < -0.39 is 6.10 Å². The number of hydrogen-bond donors (Lipinski definition) is 2. The number of hydrogen-bond acceptors (Lipinski definition) is 5. The van der Waals surface area contributed by atoms with E-state index in [-0.39, 0.29) is 24.4 Å². The molecule has 0 bridgehead atoms. The van der Waals surface area contributed by atoms with E-state index >= 15 is 0 Å². The van der Waals surface area contributed by atoms with Gasteiger partial charge in [-0.3, -0.25) is 4.79 Å². The third kappa shape index (κ3) is 6.20. The molecule has 0 amide bonds. The summed E-state index contributed by atoms with van der Waals surface area (Å²) in [6.45, 7) is 1.37. The molecule has 1 aromatic heterocycles. The van der Waals surface area contributed by atoms with E-state index in [1.165, 1.54) is 11.6 Å². The molecule has 0 aliphatic rings. The van der Waals surface area contributed by atoms with E-state index in [4.69, 9.17) is 9.15 Å². The summed E-state index contributed by atoms with van der Waals surface area (Å²) in [5.74, 6) is 1.06. The van der Waals surface area contributed by atoms with Crippen LogP contribution in [0.2, 0.25) is 0 Å². The molecule has 0 fully saturated rings. The molecule has 3 aromatic carbocycles. The van der Waals surface area contributed by atoms with Crippen molar-refractivity contribution < 1.29 is 14.3 Å². The molecule has 0 aliphatic heterocycles. The lowest BCUT2D eigenvalue weighted by atomic mass is 10.1. The summed E-state index contributed by atoms with van der Waals surface area (Å²) >= 11 is 0. The fourth-order valence-corrected chi connectivity index (χ4v) is 3.37. The average Bonchev–Trinajstić information content (AvgIpc) is 2.81. The normalized spacial score (nSPS) is 11.7. The summed E-state index contributed by atoms with van der Waals surface area (Å²) in [4.78, 5) is 12.5. The number of ether oxygens (including phenoxy) is 1. The smallest absolute Gasteiger partial charge is 0.193 e. The van der Waals surface area contributed by atoms with Crippen molar-refractivity contribution in [2.45, 2.75) is 12.5 Å². The molecule has 0 spiro atoms. The van der Waals surface area contributed by atoms with Gasteiger partial charge in [0.2, 0.25) is 0 Å². The van der Waals surface area contributed by atoms with Crippen LogP contribution in [0.1, 0.15) is 5.56 Å². The summed E-state index contributed by atoms with van der Waals surface area (Å²) in [6, 6.07) is 26.3. The van der Waals surface area contributed by atoms with Crippen LogP contribution in [0.25, 0.3) is 22.3 Å². The fraction of sp³-hybridized carbons (Fsp3) is 0.192. The zero-order valence-corrected chi connectivity index (χ0v) is 18.4. The monoisotopic (exact) mass is 451 g/mol. The standard InChI is InChI=1S/C26H25NO4.ClH/c28-21(17-27-14-13-19-7-3-1-4-8-19)18-30-22-11-12-23-24(29)16-25(31-26(23)15-22)20-9-5-2-6-10-20;/h1-12,15-16,21,27-28H,13-14,17-18H2;1H. The first-order valence-corrected chi connectivity index (χ1v) is 10.4. The lowest BCUT2D eigenvalue weighted by Gasteiger charge is -2.13. The molecule has 0 radical (unpaired) electrons. The summed E-state index contributed by atoms with van der Waals surface area (Å²) < 4.78 is 11.7. The minimum absolute atomic E-state index is 0. The van der Waals surface area contributed by atoms with Gasteiger partial charge >= 0.3 is 0 Å². The Morgan fingerprint density at radius 3 is 2.41 bits per heavy atom. The van der Waals surface area contributed by atoms with Crippen molar-refractivity contribution in [2.75, 3.05) is 19.7 Å². The van der Waals surface area contributed by atoms with Gasteiger partial charge in [0.15, 0.2) is 5.43 Å². The van der Waals surface area contributed by atoms with Crippen LogP contribution < -0.4 is 15.5 Å². The van der Waals surface area contributed by atoms with E-state index in [9.17, 15) is 9.90 Å². The highest BCUT2D eigenvalue weighted by molar-refractivity contribution is 5.85. The molecule has 166 valence electrons. The topological polar surface area (TPSA) is 71.7 Å². The van der Waals surface area contributed by atoms with Crippen LogP contribution in [0.4, 0.5) is 0 Å². The molecule has 0 aliphatic carbocycles. The van der Waals surface area contributed by atoms with Gasteiger partial charge in [0.1, 0.15) is 29.8 Å². The van der Waals surface area contributed by atoms with Crippen LogP contribution in [0.15, 0.2) is 94.1 Å². The number of fused-ring (bicyclic) bond motifs is 1. The largest absolute Gasteiger partial charge is 0.491 e. The molecule has 6 heteroatoms. The minimum Gasteiger partial charge on any atom is -0.491 e. The Morgan fingerprint density at radius 2 is 1.66 bits per heavy atom. The summed E-state index contributed by atoms with van der Waals surface area (Å²) in [5.41, 5.74) is 2.45. The molecule has 1 unspecified atom stereocenters. The Labute approximate surface area is 193 Å². The molecule has 5 nitrogen and oxygen atoms in total. The molecule has 1 heterocycles. The van der Waals surface area contributed by atoms with Gasteiger partial charge in [0.05, 0.1) is 5.39 Å². The van der Waals surface area contributed by atoms with E-state index in [1.54, 1.807) is 18.2 Å². The second kappa shape index (κ2) is 11.5. The fourth-order valence-electron chi connectivity index (χ4n) is 3.37. The third-order valence-corrected chi connectivity index (χ3v) is 5.01. The second-order valence-corrected chi connectivity index (χ2v) is 7.40. The van der Waals surface area contributed by atoms with Crippen molar-refractivity contribution in [3.63, 3.8) is 0 Å². The molecule has 32 heavy (non-hydrogen) atoms. The van der Waals surface area contributed by atoms with Crippen molar-refractivity contribution >= 4 is 23.4 Å². The van der Waals surface area contributed by atoms with Gasteiger partial charge in [-0.1, -0.05) is 60.7 Å². The lowest BCUT2D eigenvalue weighted by Crippen LogP contribution is -2.32. The number of aliphatic hydroxyl groups excluding tert-OH is 1. The van der Waals surface area contributed by atoms with E-state index in [2.05, 4.69) is 17.4 Å². The molecular weight excluding hydrogens is 426 g/mol. The van der Waals surface area contributed by atoms with Gasteiger partial charge in [-0.2, -0.15) is 0 Å². The number of aliphatic hydroxyl groups is 1. The highest BCUT2D eigenvalue weighted by Gasteiger charge is 2.10. The van der Waals surface area contributed by atoms with Gasteiger partial charge in [-0.05, 0) is 30.7 Å².